The molecule has 0 bridgehead atoms. The topological polar surface area (TPSA) is 49.6 Å². The number of rotatable bonds is 4. The van der Waals surface area contributed by atoms with E-state index in [4.69, 9.17) is 5.73 Å². The van der Waals surface area contributed by atoms with E-state index in [0.717, 1.165) is 39.1 Å². The van der Waals surface area contributed by atoms with Crippen molar-refractivity contribution in [1.29, 1.82) is 0 Å². The fourth-order valence-corrected chi connectivity index (χ4v) is 1.92. The standard InChI is InChI=1S/C11H23N3O/c1-3-5-13-6-8-14(9-7-13)11(15)10(12)4-2/h10H,3-9,12H2,1-2H3/t10-/m0/s1. The Balaban J connectivity index is 2.33. The summed E-state index contributed by atoms with van der Waals surface area (Å²) in [7, 11) is 0. The van der Waals surface area contributed by atoms with E-state index in [0.29, 0.717) is 0 Å². The van der Waals surface area contributed by atoms with Gasteiger partial charge in [-0.3, -0.25) is 9.69 Å². The van der Waals surface area contributed by atoms with E-state index in [2.05, 4.69) is 11.8 Å². The van der Waals surface area contributed by atoms with Gasteiger partial charge in [0.1, 0.15) is 0 Å². The molecule has 4 heteroatoms. The lowest BCUT2D eigenvalue weighted by molar-refractivity contribution is -0.134. The highest BCUT2D eigenvalue weighted by atomic mass is 16.2. The molecule has 0 aromatic heterocycles. The van der Waals surface area contributed by atoms with Crippen LogP contribution in [0.1, 0.15) is 26.7 Å². The second-order valence-corrected chi connectivity index (χ2v) is 4.18. The average Bonchev–Trinajstić information content (AvgIpc) is 2.28. The van der Waals surface area contributed by atoms with E-state index in [1.165, 1.54) is 6.42 Å². The molecule has 1 fully saturated rings. The van der Waals surface area contributed by atoms with E-state index < -0.39 is 0 Å². The molecule has 1 rings (SSSR count). The van der Waals surface area contributed by atoms with Crippen molar-refractivity contribution in [3.8, 4) is 0 Å². The number of hydrogen-bond acceptors (Lipinski definition) is 3. The van der Waals surface area contributed by atoms with Crippen LogP contribution in [-0.4, -0.2) is 54.5 Å². The minimum atomic E-state index is -0.303. The van der Waals surface area contributed by atoms with Crippen LogP contribution in [0.2, 0.25) is 0 Å². The molecular weight excluding hydrogens is 190 g/mol. The van der Waals surface area contributed by atoms with Gasteiger partial charge >= 0.3 is 0 Å². The van der Waals surface area contributed by atoms with Crippen molar-refractivity contribution < 1.29 is 4.79 Å². The minimum Gasteiger partial charge on any atom is -0.339 e. The van der Waals surface area contributed by atoms with Gasteiger partial charge < -0.3 is 10.6 Å². The van der Waals surface area contributed by atoms with Crippen LogP contribution in [0, 0.1) is 0 Å². The summed E-state index contributed by atoms with van der Waals surface area (Å²) in [5.74, 6) is 0.119. The number of nitrogens with zero attached hydrogens (tertiary/aromatic N) is 2. The van der Waals surface area contributed by atoms with E-state index in [1.807, 2.05) is 11.8 Å². The third-order valence-electron chi connectivity index (χ3n) is 2.98. The van der Waals surface area contributed by atoms with Crippen LogP contribution in [0.15, 0.2) is 0 Å². The SMILES string of the molecule is CCCN1CCN(C(=O)[C@@H](N)CC)CC1. The highest BCUT2D eigenvalue weighted by Gasteiger charge is 2.23. The van der Waals surface area contributed by atoms with E-state index >= 15 is 0 Å². The molecule has 0 radical (unpaired) electrons. The van der Waals surface area contributed by atoms with Gasteiger partial charge in [0.15, 0.2) is 0 Å². The maximum Gasteiger partial charge on any atom is 0.239 e. The second-order valence-electron chi connectivity index (χ2n) is 4.18. The highest BCUT2D eigenvalue weighted by Crippen LogP contribution is 2.05. The molecule has 1 saturated heterocycles. The molecule has 0 aromatic carbocycles. The molecule has 1 aliphatic heterocycles. The number of carbonyl (C=O) groups excluding carboxylic acids is 1. The lowest BCUT2D eigenvalue weighted by Gasteiger charge is -2.35. The Labute approximate surface area is 92.4 Å². The van der Waals surface area contributed by atoms with Crippen molar-refractivity contribution in [2.45, 2.75) is 32.7 Å². The van der Waals surface area contributed by atoms with Crippen LogP contribution < -0.4 is 5.73 Å². The van der Waals surface area contributed by atoms with E-state index in [9.17, 15) is 4.79 Å². The third-order valence-corrected chi connectivity index (χ3v) is 2.98. The van der Waals surface area contributed by atoms with Crippen molar-refractivity contribution in [3.63, 3.8) is 0 Å². The average molecular weight is 213 g/mol. The zero-order valence-electron chi connectivity index (χ0n) is 9.91. The molecule has 2 N–H and O–H groups in total. The second kappa shape index (κ2) is 6.08. The third kappa shape index (κ3) is 3.47. The van der Waals surface area contributed by atoms with Crippen LogP contribution in [-0.2, 0) is 4.79 Å². The molecule has 1 heterocycles. The Hall–Kier alpha value is -0.610. The van der Waals surface area contributed by atoms with Gasteiger partial charge in [0, 0.05) is 26.2 Å². The molecule has 1 aliphatic rings. The van der Waals surface area contributed by atoms with Gasteiger partial charge in [-0.05, 0) is 19.4 Å². The van der Waals surface area contributed by atoms with Gasteiger partial charge in [-0.15, -0.1) is 0 Å². The maximum absolute atomic E-state index is 11.8. The zero-order chi connectivity index (χ0) is 11.3. The molecule has 0 aromatic rings. The monoisotopic (exact) mass is 213 g/mol. The molecular formula is C11H23N3O. The van der Waals surface area contributed by atoms with Gasteiger partial charge in [-0.1, -0.05) is 13.8 Å². The Morgan fingerprint density at radius 1 is 1.27 bits per heavy atom. The summed E-state index contributed by atoms with van der Waals surface area (Å²) in [5.41, 5.74) is 5.74. The summed E-state index contributed by atoms with van der Waals surface area (Å²) in [6, 6.07) is -0.303. The van der Waals surface area contributed by atoms with Gasteiger partial charge in [-0.2, -0.15) is 0 Å². The summed E-state index contributed by atoms with van der Waals surface area (Å²) >= 11 is 0. The molecule has 0 aliphatic carbocycles. The van der Waals surface area contributed by atoms with Crippen molar-refractivity contribution in [1.82, 2.24) is 9.80 Å². The highest BCUT2D eigenvalue weighted by molar-refractivity contribution is 5.81. The normalized spacial score (nSPS) is 20.3. The molecule has 4 nitrogen and oxygen atoms in total. The number of piperazine rings is 1. The molecule has 1 atom stereocenters. The summed E-state index contributed by atoms with van der Waals surface area (Å²) in [6.45, 7) is 8.95. The first-order chi connectivity index (χ1) is 7.19. The quantitative estimate of drug-likeness (QED) is 0.729. The van der Waals surface area contributed by atoms with Crippen molar-refractivity contribution in [3.05, 3.63) is 0 Å². The van der Waals surface area contributed by atoms with Crippen molar-refractivity contribution in [2.24, 2.45) is 5.73 Å². The van der Waals surface area contributed by atoms with Crippen LogP contribution in [0.5, 0.6) is 0 Å². The Bertz CT molecular complexity index is 200. The van der Waals surface area contributed by atoms with Crippen LogP contribution in [0.3, 0.4) is 0 Å². The summed E-state index contributed by atoms with van der Waals surface area (Å²) in [4.78, 5) is 16.1. The predicted octanol–water partition coefficient (Wildman–Crippen LogP) is 0.278. The van der Waals surface area contributed by atoms with Gasteiger partial charge in [0.05, 0.1) is 6.04 Å². The van der Waals surface area contributed by atoms with E-state index in [1.54, 1.807) is 0 Å². The van der Waals surface area contributed by atoms with E-state index in [-0.39, 0.29) is 11.9 Å². The fraction of sp³-hybridized carbons (Fsp3) is 0.909. The minimum absolute atomic E-state index is 0.119. The Morgan fingerprint density at radius 3 is 2.33 bits per heavy atom. The van der Waals surface area contributed by atoms with Crippen molar-refractivity contribution >= 4 is 5.91 Å². The molecule has 0 unspecified atom stereocenters. The molecule has 0 saturated carbocycles. The number of hydrogen-bond donors (Lipinski definition) is 1. The number of carbonyl (C=O) groups is 1. The van der Waals surface area contributed by atoms with Gasteiger partial charge in [0.2, 0.25) is 5.91 Å². The Kier molecular flexibility index (Phi) is 5.05. The lowest BCUT2D eigenvalue weighted by atomic mass is 10.2. The largest absolute Gasteiger partial charge is 0.339 e. The smallest absolute Gasteiger partial charge is 0.239 e. The molecule has 0 spiro atoms. The summed E-state index contributed by atoms with van der Waals surface area (Å²) in [6.07, 6.45) is 1.91. The maximum atomic E-state index is 11.8. The van der Waals surface area contributed by atoms with Crippen LogP contribution in [0.25, 0.3) is 0 Å². The first kappa shape index (κ1) is 12.5. The Morgan fingerprint density at radius 2 is 1.87 bits per heavy atom. The molecule has 1 amide bonds. The number of amides is 1. The van der Waals surface area contributed by atoms with Gasteiger partial charge in [0.25, 0.3) is 0 Å². The van der Waals surface area contributed by atoms with Gasteiger partial charge in [-0.25, -0.2) is 0 Å². The number of nitrogens with two attached hydrogens (primary N) is 1. The summed E-state index contributed by atoms with van der Waals surface area (Å²) in [5, 5.41) is 0. The zero-order valence-corrected chi connectivity index (χ0v) is 9.91. The first-order valence-corrected chi connectivity index (χ1v) is 5.95. The summed E-state index contributed by atoms with van der Waals surface area (Å²) < 4.78 is 0. The van der Waals surface area contributed by atoms with Crippen LogP contribution in [0.4, 0.5) is 0 Å². The molecule has 88 valence electrons. The molecule has 15 heavy (non-hydrogen) atoms. The predicted molar refractivity (Wildman–Crippen MR) is 61.6 cm³/mol. The first-order valence-electron chi connectivity index (χ1n) is 5.95. The fourth-order valence-electron chi connectivity index (χ4n) is 1.92. The van der Waals surface area contributed by atoms with Crippen molar-refractivity contribution in [2.75, 3.05) is 32.7 Å². The van der Waals surface area contributed by atoms with Crippen LogP contribution >= 0.6 is 0 Å². The lowest BCUT2D eigenvalue weighted by Crippen LogP contribution is -2.53.